The van der Waals surface area contributed by atoms with Crippen molar-refractivity contribution in [2.45, 2.75) is 64.2 Å². The van der Waals surface area contributed by atoms with Gasteiger partial charge in [-0.25, -0.2) is 4.52 Å². The fourth-order valence-corrected chi connectivity index (χ4v) is 5.93. The van der Waals surface area contributed by atoms with Gasteiger partial charge in [0.05, 0.1) is 46.8 Å². The molecular formula is C30H36N10. The summed E-state index contributed by atoms with van der Waals surface area (Å²) in [5.41, 5.74) is 11.5. The second-order valence-corrected chi connectivity index (χ2v) is 11.2. The minimum absolute atomic E-state index is 0.0900. The third-order valence-corrected chi connectivity index (χ3v) is 8.41. The van der Waals surface area contributed by atoms with Crippen molar-refractivity contribution in [1.82, 2.24) is 24.4 Å². The summed E-state index contributed by atoms with van der Waals surface area (Å²) in [4.78, 5) is 13.9. The second kappa shape index (κ2) is 11.0. The molecule has 0 saturated carbocycles. The molecule has 1 unspecified atom stereocenters. The fourth-order valence-electron chi connectivity index (χ4n) is 5.93. The summed E-state index contributed by atoms with van der Waals surface area (Å²) in [5, 5.41) is 27.0. The van der Waals surface area contributed by atoms with Gasteiger partial charge >= 0.3 is 0 Å². The minimum Gasteiger partial charge on any atom is -0.404 e. The van der Waals surface area contributed by atoms with Crippen molar-refractivity contribution in [3.8, 4) is 12.3 Å². The highest BCUT2D eigenvalue weighted by atomic mass is 15.4. The van der Waals surface area contributed by atoms with E-state index in [-0.39, 0.29) is 17.6 Å². The third kappa shape index (κ3) is 4.99. The normalized spacial score (nSPS) is 20.9. The Morgan fingerprint density at radius 1 is 1.27 bits per heavy atom. The van der Waals surface area contributed by atoms with Crippen molar-refractivity contribution in [3.05, 3.63) is 65.9 Å². The van der Waals surface area contributed by atoms with Crippen LogP contribution < -0.4 is 11.1 Å². The maximum absolute atomic E-state index is 9.71. The number of nitrogens with one attached hydrogen (secondary N) is 1. The van der Waals surface area contributed by atoms with E-state index in [4.69, 9.17) is 10.7 Å². The summed E-state index contributed by atoms with van der Waals surface area (Å²) in [6.45, 7) is 11.1. The Kier molecular flexibility index (Phi) is 7.46. The molecule has 40 heavy (non-hydrogen) atoms. The Balaban J connectivity index is 1.36. The van der Waals surface area contributed by atoms with E-state index in [1.54, 1.807) is 23.1 Å². The smallest absolute Gasteiger partial charge is 0.179 e. The number of pyridine rings is 2. The highest BCUT2D eigenvalue weighted by Gasteiger charge is 2.49. The largest absolute Gasteiger partial charge is 0.404 e. The Morgan fingerprint density at radius 3 is 2.67 bits per heavy atom. The van der Waals surface area contributed by atoms with Crippen molar-refractivity contribution in [1.29, 1.82) is 10.5 Å². The Bertz CT molecular complexity index is 1510. The number of piperidine rings is 1. The van der Waals surface area contributed by atoms with Crippen molar-refractivity contribution in [2.75, 3.05) is 25.0 Å². The molecule has 0 aliphatic carbocycles. The third-order valence-electron chi connectivity index (χ3n) is 8.41. The van der Waals surface area contributed by atoms with Crippen LogP contribution in [-0.2, 0) is 0 Å². The lowest BCUT2D eigenvalue weighted by Gasteiger charge is -2.57. The molecular weight excluding hydrogens is 500 g/mol. The first-order chi connectivity index (χ1) is 19.3. The number of allylic oxidation sites excluding steroid dienone is 1. The van der Waals surface area contributed by atoms with Gasteiger partial charge in [-0.15, -0.1) is 0 Å². The average Bonchev–Trinajstić information content (AvgIpc) is 3.38. The van der Waals surface area contributed by atoms with Gasteiger partial charge in [0.25, 0.3) is 0 Å². The fraction of sp³-hybridized carbons (Fsp3) is 0.433. The molecule has 5 rings (SSSR count). The van der Waals surface area contributed by atoms with Crippen LogP contribution in [0.2, 0.25) is 0 Å². The summed E-state index contributed by atoms with van der Waals surface area (Å²) in [6, 6.07) is 10.6. The van der Waals surface area contributed by atoms with Gasteiger partial charge in [-0.3, -0.25) is 14.9 Å². The molecule has 2 fully saturated rings. The molecule has 3 N–H and O–H groups in total. The topological polar surface area (TPSA) is 135 Å². The molecule has 2 atom stereocenters. The molecule has 10 heteroatoms. The maximum atomic E-state index is 9.71. The van der Waals surface area contributed by atoms with Crippen LogP contribution in [0, 0.1) is 22.8 Å². The van der Waals surface area contributed by atoms with Crippen molar-refractivity contribution in [3.63, 3.8) is 0 Å². The number of likely N-dealkylation sites (tertiary alicyclic amines) is 2. The van der Waals surface area contributed by atoms with Gasteiger partial charge in [0.1, 0.15) is 11.6 Å². The van der Waals surface area contributed by atoms with E-state index in [2.05, 4.69) is 46.4 Å². The molecule has 2 aliphatic heterocycles. The highest BCUT2D eigenvalue weighted by molar-refractivity contribution is 6.22. The molecule has 0 bridgehead atoms. The van der Waals surface area contributed by atoms with E-state index in [9.17, 15) is 10.5 Å². The average molecular weight is 537 g/mol. The number of nitrogens with two attached hydrogens (primary N) is 1. The number of aliphatic imine (C=N–C) groups is 1. The van der Waals surface area contributed by atoms with Gasteiger partial charge in [-0.1, -0.05) is 6.07 Å². The predicted octanol–water partition coefficient (Wildman–Crippen LogP) is 3.94. The molecule has 0 radical (unpaired) electrons. The summed E-state index contributed by atoms with van der Waals surface area (Å²) >= 11 is 0. The number of nitriles is 2. The van der Waals surface area contributed by atoms with E-state index in [0.29, 0.717) is 17.1 Å². The second-order valence-electron chi connectivity index (χ2n) is 11.2. The standard InChI is InChI=1S/C30H36N10/c1-20(36-24-8-11-38(12-9-24)28-18-39(19-33)30(28,3)4)25(15-32)22-13-27(29-23(14-31)16-35-40(29)17-22)37-21(2)26-7-5-6-10-34-26/h5-7,10,13,15-17,21,24,28,37H,8-9,11-12,18,32H2,1-4H3/b25-15+,36-20?/t21-,28?/m1/s1. The van der Waals surface area contributed by atoms with E-state index in [1.807, 2.05) is 49.2 Å². The van der Waals surface area contributed by atoms with Gasteiger partial charge < -0.3 is 16.0 Å². The Labute approximate surface area is 235 Å². The van der Waals surface area contributed by atoms with Crippen LogP contribution in [0.15, 0.2) is 54.0 Å². The van der Waals surface area contributed by atoms with Crippen LogP contribution in [0.3, 0.4) is 0 Å². The molecule has 3 aromatic heterocycles. The Hall–Kier alpha value is -4.41. The number of aromatic nitrogens is 3. The summed E-state index contributed by atoms with van der Waals surface area (Å²) in [6.07, 6.45) is 11.1. The van der Waals surface area contributed by atoms with Crippen LogP contribution in [0.5, 0.6) is 0 Å². The van der Waals surface area contributed by atoms with Crippen LogP contribution in [0.4, 0.5) is 5.69 Å². The zero-order chi connectivity index (χ0) is 28.4. The number of anilines is 1. The number of rotatable bonds is 7. The number of hydrogen-bond donors (Lipinski definition) is 2. The van der Waals surface area contributed by atoms with Gasteiger partial charge in [-0.05, 0) is 58.7 Å². The van der Waals surface area contributed by atoms with Crippen LogP contribution in [0.25, 0.3) is 11.1 Å². The first-order valence-corrected chi connectivity index (χ1v) is 13.7. The van der Waals surface area contributed by atoms with Crippen LogP contribution in [-0.4, -0.2) is 67.4 Å². The monoisotopic (exact) mass is 536 g/mol. The lowest BCUT2D eigenvalue weighted by atomic mass is 9.81. The quantitative estimate of drug-likeness (QED) is 0.342. The Morgan fingerprint density at radius 2 is 2.05 bits per heavy atom. The van der Waals surface area contributed by atoms with E-state index >= 15 is 0 Å². The first-order valence-electron chi connectivity index (χ1n) is 13.7. The lowest BCUT2D eigenvalue weighted by molar-refractivity contribution is -0.0570. The SMILES string of the molecule is CC(=NC1CCN(C2CN(C#N)C2(C)C)CC1)/C(=C\N)c1cc(N[C@H](C)c2ccccn2)c2c(C#N)cnn2c1. The summed E-state index contributed by atoms with van der Waals surface area (Å²) < 4.78 is 1.72. The van der Waals surface area contributed by atoms with E-state index in [1.165, 1.54) is 0 Å². The summed E-state index contributed by atoms with van der Waals surface area (Å²) in [7, 11) is 0. The van der Waals surface area contributed by atoms with E-state index < -0.39 is 0 Å². The highest BCUT2D eigenvalue weighted by Crippen LogP contribution is 2.35. The number of hydrogen-bond acceptors (Lipinski definition) is 9. The van der Waals surface area contributed by atoms with Crippen LogP contribution in [0.1, 0.15) is 63.4 Å². The van der Waals surface area contributed by atoms with Gasteiger partial charge in [-0.2, -0.15) is 15.6 Å². The zero-order valence-corrected chi connectivity index (χ0v) is 23.5. The molecule has 0 spiro atoms. The maximum Gasteiger partial charge on any atom is 0.179 e. The van der Waals surface area contributed by atoms with Gasteiger partial charge in [0.15, 0.2) is 6.19 Å². The van der Waals surface area contributed by atoms with E-state index in [0.717, 1.165) is 60.7 Å². The molecule has 2 aliphatic rings. The number of fused-ring (bicyclic) bond motifs is 1. The molecule has 10 nitrogen and oxygen atoms in total. The van der Waals surface area contributed by atoms with Gasteiger partial charge in [0.2, 0.25) is 0 Å². The van der Waals surface area contributed by atoms with Crippen molar-refractivity contribution >= 4 is 22.5 Å². The van der Waals surface area contributed by atoms with Gasteiger partial charge in [0, 0.05) is 55.1 Å². The van der Waals surface area contributed by atoms with Crippen molar-refractivity contribution in [2.24, 2.45) is 10.7 Å². The molecule has 3 aromatic rings. The predicted molar refractivity (Wildman–Crippen MR) is 156 cm³/mol. The molecule has 0 amide bonds. The lowest BCUT2D eigenvalue weighted by Crippen LogP contribution is -2.72. The molecule has 5 heterocycles. The minimum atomic E-state index is -0.118. The summed E-state index contributed by atoms with van der Waals surface area (Å²) in [5.74, 6) is 0. The number of nitrogens with zero attached hydrogens (tertiary/aromatic N) is 8. The molecule has 2 saturated heterocycles. The zero-order valence-electron chi connectivity index (χ0n) is 23.5. The molecule has 206 valence electrons. The van der Waals surface area contributed by atoms with Crippen LogP contribution >= 0.6 is 0 Å². The first kappa shape index (κ1) is 27.2. The van der Waals surface area contributed by atoms with Crippen molar-refractivity contribution < 1.29 is 0 Å². The molecule has 0 aromatic carbocycles.